The van der Waals surface area contributed by atoms with E-state index in [-0.39, 0.29) is 17.9 Å². The van der Waals surface area contributed by atoms with Gasteiger partial charge in [-0.05, 0) is 30.7 Å². The van der Waals surface area contributed by atoms with Crippen molar-refractivity contribution in [2.45, 2.75) is 58.7 Å². The second-order valence-electron chi connectivity index (χ2n) is 10.6. The number of aromatic nitrogens is 4. The second-order valence-corrected chi connectivity index (χ2v) is 16.2. The Morgan fingerprint density at radius 2 is 2.09 bits per heavy atom. The number of pyridine rings is 1. The van der Waals surface area contributed by atoms with Crippen LogP contribution in [0.1, 0.15) is 20.3 Å². The molecule has 0 spiro atoms. The van der Waals surface area contributed by atoms with Crippen molar-refractivity contribution in [1.29, 1.82) is 0 Å². The summed E-state index contributed by atoms with van der Waals surface area (Å²) >= 11 is 0. The van der Waals surface area contributed by atoms with Crippen molar-refractivity contribution < 1.29 is 9.53 Å². The zero-order chi connectivity index (χ0) is 24.3. The van der Waals surface area contributed by atoms with Crippen molar-refractivity contribution in [1.82, 2.24) is 24.4 Å². The van der Waals surface area contributed by atoms with E-state index in [9.17, 15) is 4.79 Å². The van der Waals surface area contributed by atoms with Crippen molar-refractivity contribution in [2.75, 3.05) is 25.0 Å². The van der Waals surface area contributed by atoms with E-state index in [1.165, 1.54) is 0 Å². The normalized spacial score (nSPS) is 16.5. The summed E-state index contributed by atoms with van der Waals surface area (Å²) in [4.78, 5) is 28.4. The minimum atomic E-state index is -1.11. The van der Waals surface area contributed by atoms with Gasteiger partial charge in [-0.2, -0.15) is 0 Å². The summed E-state index contributed by atoms with van der Waals surface area (Å²) in [7, 11) is -1.11. The molecular formula is C25H36N6O2Si. The van der Waals surface area contributed by atoms with Crippen LogP contribution in [0.4, 0.5) is 5.82 Å². The van der Waals surface area contributed by atoms with Crippen LogP contribution in [0.5, 0.6) is 0 Å². The summed E-state index contributed by atoms with van der Waals surface area (Å²) in [5.41, 5.74) is 3.32. The minimum absolute atomic E-state index is 0.0178. The predicted molar refractivity (Wildman–Crippen MR) is 138 cm³/mol. The molecule has 0 aromatic carbocycles. The molecule has 1 saturated heterocycles. The minimum Gasteiger partial charge on any atom is -0.365 e. The molecule has 1 amide bonds. The smallest absolute Gasteiger partial charge is 0.225 e. The van der Waals surface area contributed by atoms with Gasteiger partial charge in [0.25, 0.3) is 0 Å². The van der Waals surface area contributed by atoms with E-state index in [2.05, 4.69) is 29.9 Å². The third kappa shape index (κ3) is 5.82. The van der Waals surface area contributed by atoms with Gasteiger partial charge in [-0.15, -0.1) is 0 Å². The lowest BCUT2D eigenvalue weighted by molar-refractivity contribution is -0.133. The molecule has 8 nitrogen and oxygen atoms in total. The number of ether oxygens (including phenoxy) is 1. The first-order valence-corrected chi connectivity index (χ1v) is 15.8. The SMILES string of the molecule is CC(C)C(=O)N1CCC(Nc2ncccc2-c2cnc3c(ccn3COCC[Si](C)(C)C)n2)C1. The molecule has 4 heterocycles. The van der Waals surface area contributed by atoms with Gasteiger partial charge in [0, 0.05) is 57.7 Å². The fourth-order valence-corrected chi connectivity index (χ4v) is 4.86. The largest absolute Gasteiger partial charge is 0.365 e. The average Bonchev–Trinajstić information content (AvgIpc) is 3.42. The highest BCUT2D eigenvalue weighted by Gasteiger charge is 2.28. The van der Waals surface area contributed by atoms with Crippen LogP contribution in [0.2, 0.25) is 25.7 Å². The molecule has 34 heavy (non-hydrogen) atoms. The van der Waals surface area contributed by atoms with E-state index in [1.807, 2.05) is 47.7 Å². The van der Waals surface area contributed by atoms with Crippen molar-refractivity contribution in [3.05, 3.63) is 36.8 Å². The molecule has 0 bridgehead atoms. The van der Waals surface area contributed by atoms with Crippen LogP contribution in [0.3, 0.4) is 0 Å². The van der Waals surface area contributed by atoms with Crippen LogP contribution in [-0.4, -0.2) is 64.1 Å². The van der Waals surface area contributed by atoms with Crippen molar-refractivity contribution in [2.24, 2.45) is 5.92 Å². The number of nitrogens with one attached hydrogen (secondary N) is 1. The Kier molecular flexibility index (Phi) is 7.32. The quantitative estimate of drug-likeness (QED) is 0.359. The number of carbonyl (C=O) groups is 1. The predicted octanol–water partition coefficient (Wildman–Crippen LogP) is 4.47. The van der Waals surface area contributed by atoms with Gasteiger partial charge >= 0.3 is 0 Å². The zero-order valence-corrected chi connectivity index (χ0v) is 21.9. The lowest BCUT2D eigenvalue weighted by Crippen LogP contribution is -2.34. The molecule has 1 unspecified atom stereocenters. The first-order valence-electron chi connectivity index (χ1n) is 12.1. The van der Waals surface area contributed by atoms with E-state index in [4.69, 9.17) is 14.7 Å². The Bertz CT molecular complexity index is 1140. The number of fused-ring (bicyclic) bond motifs is 1. The molecule has 9 heteroatoms. The van der Waals surface area contributed by atoms with E-state index in [0.717, 1.165) is 53.9 Å². The molecule has 1 aliphatic rings. The number of anilines is 1. The van der Waals surface area contributed by atoms with Crippen LogP contribution in [0.25, 0.3) is 22.4 Å². The molecule has 1 atom stereocenters. The maximum atomic E-state index is 12.3. The van der Waals surface area contributed by atoms with E-state index in [1.54, 1.807) is 12.4 Å². The molecule has 0 radical (unpaired) electrons. The van der Waals surface area contributed by atoms with Crippen LogP contribution in [-0.2, 0) is 16.3 Å². The average molecular weight is 481 g/mol. The molecule has 0 aliphatic carbocycles. The summed E-state index contributed by atoms with van der Waals surface area (Å²) in [6.45, 7) is 13.7. The number of hydrogen-bond donors (Lipinski definition) is 1. The standard InChI is InChI=1S/C25H36N6O2Si/c1-18(2)25(32)30-11-8-19(16-30)28-23-20(7-6-10-26-23)22-15-27-24-21(29-22)9-12-31(24)17-33-13-14-34(3,4)5/h6-7,9-10,12,15,18-19H,8,11,13-14,16-17H2,1-5H3,(H,26,28). The van der Waals surface area contributed by atoms with Crippen molar-refractivity contribution in [3.8, 4) is 11.3 Å². The van der Waals surface area contributed by atoms with Crippen molar-refractivity contribution >= 4 is 31.0 Å². The summed E-state index contributed by atoms with van der Waals surface area (Å²) in [5.74, 6) is 0.995. The number of hydrogen-bond acceptors (Lipinski definition) is 6. The van der Waals surface area contributed by atoms with Crippen LogP contribution in [0.15, 0.2) is 36.8 Å². The lowest BCUT2D eigenvalue weighted by atomic mass is 10.1. The van der Waals surface area contributed by atoms with Crippen LogP contribution >= 0.6 is 0 Å². The first-order chi connectivity index (χ1) is 16.2. The molecule has 4 rings (SSSR count). The van der Waals surface area contributed by atoms with Gasteiger partial charge in [0.1, 0.15) is 18.1 Å². The molecule has 3 aromatic heterocycles. The first kappa shape index (κ1) is 24.3. The van der Waals surface area contributed by atoms with E-state index >= 15 is 0 Å². The highest BCUT2D eigenvalue weighted by Crippen LogP contribution is 2.27. The van der Waals surface area contributed by atoms with Gasteiger partial charge in [-0.1, -0.05) is 33.5 Å². The Morgan fingerprint density at radius 1 is 1.26 bits per heavy atom. The Morgan fingerprint density at radius 3 is 2.85 bits per heavy atom. The summed E-state index contributed by atoms with van der Waals surface area (Å²) in [6, 6.07) is 7.20. The zero-order valence-electron chi connectivity index (χ0n) is 20.9. The molecule has 3 aromatic rings. The van der Waals surface area contributed by atoms with Gasteiger partial charge < -0.3 is 19.5 Å². The Hall–Kier alpha value is -2.78. The molecule has 1 N–H and O–H groups in total. The number of rotatable bonds is 9. The highest BCUT2D eigenvalue weighted by atomic mass is 28.3. The fourth-order valence-electron chi connectivity index (χ4n) is 4.10. The topological polar surface area (TPSA) is 85.2 Å². The maximum absolute atomic E-state index is 12.3. The molecular weight excluding hydrogens is 444 g/mol. The Balaban J connectivity index is 1.46. The second kappa shape index (κ2) is 10.2. The molecule has 1 aliphatic heterocycles. The van der Waals surface area contributed by atoms with Gasteiger partial charge in [0.2, 0.25) is 5.91 Å². The number of likely N-dealkylation sites (tertiary alicyclic amines) is 1. The number of nitrogens with zero attached hydrogens (tertiary/aromatic N) is 5. The summed E-state index contributed by atoms with van der Waals surface area (Å²) < 4.78 is 7.89. The van der Waals surface area contributed by atoms with Crippen molar-refractivity contribution in [3.63, 3.8) is 0 Å². The summed E-state index contributed by atoms with van der Waals surface area (Å²) in [5, 5.41) is 3.54. The van der Waals surface area contributed by atoms with Crippen LogP contribution in [0, 0.1) is 5.92 Å². The fraction of sp³-hybridized carbons (Fsp3) is 0.520. The van der Waals surface area contributed by atoms with E-state index < -0.39 is 8.07 Å². The summed E-state index contributed by atoms with van der Waals surface area (Å²) in [6.07, 6.45) is 6.45. The van der Waals surface area contributed by atoms with Gasteiger partial charge in [-0.3, -0.25) is 4.79 Å². The number of carbonyl (C=O) groups excluding carboxylic acids is 1. The van der Waals surface area contributed by atoms with E-state index in [0.29, 0.717) is 13.3 Å². The lowest BCUT2D eigenvalue weighted by Gasteiger charge is -2.20. The van der Waals surface area contributed by atoms with Gasteiger partial charge in [-0.25, -0.2) is 15.0 Å². The third-order valence-corrected chi connectivity index (χ3v) is 7.81. The van der Waals surface area contributed by atoms with Crippen LogP contribution < -0.4 is 5.32 Å². The Labute approximate surface area is 202 Å². The monoisotopic (exact) mass is 480 g/mol. The highest BCUT2D eigenvalue weighted by molar-refractivity contribution is 6.76. The molecule has 0 saturated carbocycles. The maximum Gasteiger partial charge on any atom is 0.225 e. The van der Waals surface area contributed by atoms with Gasteiger partial charge in [0.15, 0.2) is 5.65 Å². The third-order valence-electron chi connectivity index (χ3n) is 6.11. The number of amides is 1. The molecule has 1 fully saturated rings. The van der Waals surface area contributed by atoms with Gasteiger partial charge in [0.05, 0.1) is 11.9 Å². The molecule has 182 valence electrons.